The van der Waals surface area contributed by atoms with Crippen molar-refractivity contribution in [3.63, 3.8) is 0 Å². The Labute approximate surface area is 145 Å². The molecule has 0 spiro atoms. The highest BCUT2D eigenvalue weighted by molar-refractivity contribution is 5.97. The van der Waals surface area contributed by atoms with Crippen LogP contribution in [0.5, 0.6) is 0 Å². The lowest BCUT2D eigenvalue weighted by atomic mass is 10.1. The molecule has 0 aliphatic heterocycles. The van der Waals surface area contributed by atoms with E-state index in [1.807, 2.05) is 13.8 Å². The number of carbonyl (C=O) groups excluding carboxylic acids is 1. The van der Waals surface area contributed by atoms with Crippen molar-refractivity contribution in [2.24, 2.45) is 0 Å². The van der Waals surface area contributed by atoms with Gasteiger partial charge in [-0.2, -0.15) is 0 Å². The Kier molecular flexibility index (Phi) is 7.18. The minimum atomic E-state index is -0.469. The van der Waals surface area contributed by atoms with Gasteiger partial charge in [-0.05, 0) is 38.6 Å². The van der Waals surface area contributed by atoms with E-state index in [0.29, 0.717) is 29.6 Å². The number of hydrogen-bond acceptors (Lipinski definition) is 4. The highest BCUT2D eigenvalue weighted by atomic mass is 35.5. The summed E-state index contributed by atoms with van der Waals surface area (Å²) in [5.74, 6) is -0.239. The summed E-state index contributed by atoms with van der Waals surface area (Å²) >= 11 is 0. The number of amides is 1. The quantitative estimate of drug-likeness (QED) is 0.717. The molecule has 0 bridgehead atoms. The van der Waals surface area contributed by atoms with E-state index >= 15 is 0 Å². The van der Waals surface area contributed by atoms with E-state index in [1.165, 1.54) is 6.07 Å². The summed E-state index contributed by atoms with van der Waals surface area (Å²) in [5.41, 5.74) is -0.0371. The maximum absolute atomic E-state index is 12.2. The number of carbonyl (C=O) groups is 1. The number of likely N-dealkylation sites (N-methyl/N-ethyl adjacent to an activating group) is 1. The van der Waals surface area contributed by atoms with Crippen LogP contribution in [0.3, 0.4) is 0 Å². The molecule has 0 saturated carbocycles. The molecule has 2 aromatic rings. The lowest BCUT2D eigenvalue weighted by Gasteiger charge is -2.13. The van der Waals surface area contributed by atoms with Crippen molar-refractivity contribution in [1.29, 1.82) is 0 Å². The van der Waals surface area contributed by atoms with Crippen molar-refractivity contribution in [1.82, 2.24) is 20.2 Å². The molecule has 1 atom stereocenters. The first-order chi connectivity index (χ1) is 11.0. The van der Waals surface area contributed by atoms with Crippen molar-refractivity contribution in [3.8, 4) is 0 Å². The van der Waals surface area contributed by atoms with Crippen LogP contribution in [0.25, 0.3) is 10.9 Å². The molecule has 1 aromatic heterocycles. The predicted molar refractivity (Wildman–Crippen MR) is 97.2 cm³/mol. The van der Waals surface area contributed by atoms with Crippen LogP contribution in [-0.2, 0) is 6.54 Å². The van der Waals surface area contributed by atoms with Crippen LogP contribution in [0.2, 0.25) is 0 Å². The predicted octanol–water partition coefficient (Wildman–Crippen LogP) is 0.859. The van der Waals surface area contributed by atoms with Gasteiger partial charge in [0, 0.05) is 24.7 Å². The molecule has 0 aliphatic carbocycles. The van der Waals surface area contributed by atoms with Gasteiger partial charge in [0.1, 0.15) is 0 Å². The van der Waals surface area contributed by atoms with Crippen LogP contribution in [0.4, 0.5) is 0 Å². The molecule has 1 aromatic carbocycles. The van der Waals surface area contributed by atoms with Gasteiger partial charge in [-0.15, -0.1) is 12.4 Å². The maximum atomic E-state index is 12.2. The molecule has 0 radical (unpaired) electrons. The first kappa shape index (κ1) is 19.9. The van der Waals surface area contributed by atoms with Crippen molar-refractivity contribution in [3.05, 3.63) is 44.6 Å². The molecule has 0 unspecified atom stereocenters. The minimum absolute atomic E-state index is 0. The van der Waals surface area contributed by atoms with Crippen LogP contribution in [-0.4, -0.2) is 34.6 Å². The first-order valence-electron chi connectivity index (χ1n) is 7.76. The van der Waals surface area contributed by atoms with E-state index in [2.05, 4.69) is 15.6 Å². The van der Waals surface area contributed by atoms with E-state index < -0.39 is 5.69 Å². The van der Waals surface area contributed by atoms with E-state index in [-0.39, 0.29) is 29.9 Å². The van der Waals surface area contributed by atoms with Gasteiger partial charge in [0.15, 0.2) is 0 Å². The molecule has 2 rings (SSSR count). The zero-order chi connectivity index (χ0) is 17.0. The van der Waals surface area contributed by atoms with Gasteiger partial charge in [0.05, 0.1) is 10.9 Å². The normalized spacial score (nSPS) is 11.8. The molecule has 24 heavy (non-hydrogen) atoms. The van der Waals surface area contributed by atoms with Gasteiger partial charge >= 0.3 is 5.69 Å². The molecule has 132 valence electrons. The maximum Gasteiger partial charge on any atom is 0.328 e. The smallest absolute Gasteiger partial charge is 0.328 e. The zero-order valence-electron chi connectivity index (χ0n) is 14.0. The van der Waals surface area contributed by atoms with Gasteiger partial charge in [-0.1, -0.05) is 6.92 Å². The topological polar surface area (TPSA) is 96.0 Å². The zero-order valence-corrected chi connectivity index (χ0v) is 14.8. The number of nitrogens with zero attached hydrogens (tertiary/aromatic N) is 1. The summed E-state index contributed by atoms with van der Waals surface area (Å²) in [6, 6.07) is 4.87. The summed E-state index contributed by atoms with van der Waals surface area (Å²) in [5, 5.41) is 6.42. The number of aromatic amines is 1. The number of H-pyrrole nitrogens is 1. The Hall–Kier alpha value is -2.12. The number of rotatable bonds is 6. The minimum Gasteiger partial charge on any atom is -0.350 e. The van der Waals surface area contributed by atoms with Crippen LogP contribution >= 0.6 is 12.4 Å². The fraction of sp³-hybridized carbons (Fsp3) is 0.438. The Balaban J connectivity index is 0.00000288. The van der Waals surface area contributed by atoms with Crippen LogP contribution in [0.1, 0.15) is 31.1 Å². The molecule has 8 heteroatoms. The van der Waals surface area contributed by atoms with E-state index in [1.54, 1.807) is 19.1 Å². The molecule has 0 saturated heterocycles. The van der Waals surface area contributed by atoms with Crippen molar-refractivity contribution >= 4 is 29.2 Å². The second-order valence-electron chi connectivity index (χ2n) is 5.41. The molecule has 7 nitrogen and oxygen atoms in total. The summed E-state index contributed by atoms with van der Waals surface area (Å²) in [6.45, 7) is 7.34. The summed E-state index contributed by atoms with van der Waals surface area (Å²) in [6.07, 6.45) is 0. The molecular weight excluding hydrogens is 332 g/mol. The highest BCUT2D eigenvalue weighted by Crippen LogP contribution is 2.09. The molecule has 0 aliphatic rings. The molecule has 3 N–H and O–H groups in total. The Morgan fingerprint density at radius 2 is 2.00 bits per heavy atom. The number of aromatic nitrogens is 2. The number of hydrogen-bond donors (Lipinski definition) is 3. The van der Waals surface area contributed by atoms with Crippen LogP contribution in [0.15, 0.2) is 27.8 Å². The standard InChI is InChI=1S/C16H22N4O3.ClH/c1-4-17-10(3)9-18-14(21)11-6-7-12-13(8-11)19-16(23)20(5-2)15(12)22;/h6-8,10,17H,4-5,9H2,1-3H3,(H,18,21)(H,19,23);1H/t10-;/m1./s1. The Morgan fingerprint density at radius 1 is 1.29 bits per heavy atom. The first-order valence-corrected chi connectivity index (χ1v) is 7.76. The van der Waals surface area contributed by atoms with E-state index in [4.69, 9.17) is 0 Å². The van der Waals surface area contributed by atoms with Gasteiger partial charge in [-0.25, -0.2) is 4.79 Å². The monoisotopic (exact) mass is 354 g/mol. The van der Waals surface area contributed by atoms with Crippen molar-refractivity contribution < 1.29 is 4.79 Å². The SMILES string of the molecule is CCN[C@H](C)CNC(=O)c1ccc2c(=O)n(CC)c(=O)[nH]c2c1.Cl. The van der Waals surface area contributed by atoms with Crippen molar-refractivity contribution in [2.75, 3.05) is 13.1 Å². The highest BCUT2D eigenvalue weighted by Gasteiger charge is 2.11. The third kappa shape index (κ3) is 4.24. The largest absolute Gasteiger partial charge is 0.350 e. The van der Waals surface area contributed by atoms with E-state index in [9.17, 15) is 14.4 Å². The number of nitrogens with one attached hydrogen (secondary N) is 3. The average Bonchev–Trinajstić information content (AvgIpc) is 2.52. The van der Waals surface area contributed by atoms with E-state index in [0.717, 1.165) is 11.1 Å². The summed E-state index contributed by atoms with van der Waals surface area (Å²) < 4.78 is 1.13. The van der Waals surface area contributed by atoms with Gasteiger partial charge in [-0.3, -0.25) is 14.2 Å². The fourth-order valence-corrected chi connectivity index (χ4v) is 2.45. The van der Waals surface area contributed by atoms with Gasteiger partial charge < -0.3 is 15.6 Å². The van der Waals surface area contributed by atoms with Crippen LogP contribution in [0, 0.1) is 0 Å². The third-order valence-electron chi connectivity index (χ3n) is 3.68. The molecular formula is C16H23ClN4O3. The lowest BCUT2D eigenvalue weighted by Crippen LogP contribution is -2.39. The summed E-state index contributed by atoms with van der Waals surface area (Å²) in [7, 11) is 0. The van der Waals surface area contributed by atoms with Crippen molar-refractivity contribution in [2.45, 2.75) is 33.4 Å². The Morgan fingerprint density at radius 3 is 2.62 bits per heavy atom. The molecule has 1 heterocycles. The number of benzene rings is 1. The second kappa shape index (κ2) is 8.65. The Bertz CT molecular complexity index is 828. The molecule has 0 fully saturated rings. The van der Waals surface area contributed by atoms with Gasteiger partial charge in [0.25, 0.3) is 11.5 Å². The average molecular weight is 355 g/mol. The number of fused-ring (bicyclic) bond motifs is 1. The molecule has 1 amide bonds. The summed E-state index contributed by atoms with van der Waals surface area (Å²) in [4.78, 5) is 38.9. The lowest BCUT2D eigenvalue weighted by molar-refractivity contribution is 0.0950. The number of halogens is 1. The van der Waals surface area contributed by atoms with Crippen LogP contribution < -0.4 is 21.9 Å². The fourth-order valence-electron chi connectivity index (χ4n) is 2.45. The second-order valence-corrected chi connectivity index (χ2v) is 5.41. The third-order valence-corrected chi connectivity index (χ3v) is 3.68. The van der Waals surface area contributed by atoms with Gasteiger partial charge in [0.2, 0.25) is 0 Å².